The van der Waals surface area contributed by atoms with Crippen LogP contribution in [0, 0.1) is 4.64 Å². The molecular formula is C16H17BrN6S2. The van der Waals surface area contributed by atoms with E-state index in [0.717, 1.165) is 45.9 Å². The van der Waals surface area contributed by atoms with Gasteiger partial charge in [0.2, 0.25) is 5.95 Å². The lowest BCUT2D eigenvalue weighted by Crippen LogP contribution is -2.08. The van der Waals surface area contributed by atoms with Crippen LogP contribution in [0.2, 0.25) is 0 Å². The molecule has 0 fully saturated rings. The van der Waals surface area contributed by atoms with Gasteiger partial charge in [-0.25, -0.2) is 9.97 Å². The lowest BCUT2D eigenvalue weighted by atomic mass is 10.1. The molecule has 3 aromatic heterocycles. The van der Waals surface area contributed by atoms with Gasteiger partial charge in [-0.3, -0.25) is 4.98 Å². The zero-order valence-corrected chi connectivity index (χ0v) is 16.5. The number of pyridine rings is 1. The molecule has 3 aromatic rings. The number of hydrogen-bond acceptors (Lipinski definition) is 6. The Labute approximate surface area is 163 Å². The van der Waals surface area contributed by atoms with Gasteiger partial charge in [0.1, 0.15) is 9.24 Å². The number of thioether (sulfide) groups is 1. The molecule has 0 aliphatic heterocycles. The first-order valence-corrected chi connectivity index (χ1v) is 10.0. The van der Waals surface area contributed by atoms with Gasteiger partial charge in [-0.05, 0) is 27.6 Å². The van der Waals surface area contributed by atoms with Crippen LogP contribution in [0.25, 0.3) is 0 Å². The van der Waals surface area contributed by atoms with E-state index in [4.69, 9.17) is 12.2 Å². The van der Waals surface area contributed by atoms with Crippen LogP contribution < -0.4 is 5.32 Å². The van der Waals surface area contributed by atoms with Crippen LogP contribution in [0.4, 0.5) is 5.95 Å². The fraction of sp³-hybridized carbons (Fsp3) is 0.250. The van der Waals surface area contributed by atoms with E-state index >= 15 is 0 Å². The molecule has 3 heterocycles. The van der Waals surface area contributed by atoms with E-state index in [1.807, 2.05) is 24.5 Å². The number of H-pyrrole nitrogens is 2. The van der Waals surface area contributed by atoms with Crippen molar-refractivity contribution in [2.24, 2.45) is 0 Å². The van der Waals surface area contributed by atoms with Crippen LogP contribution in [0.3, 0.4) is 0 Å². The molecule has 0 aromatic carbocycles. The van der Waals surface area contributed by atoms with Gasteiger partial charge in [0.25, 0.3) is 0 Å². The number of imidazole rings is 1. The van der Waals surface area contributed by atoms with Crippen molar-refractivity contribution in [2.75, 3.05) is 17.6 Å². The van der Waals surface area contributed by atoms with Crippen LogP contribution in [0.15, 0.2) is 41.7 Å². The summed E-state index contributed by atoms with van der Waals surface area (Å²) in [7, 11) is 0. The SMILES string of the molecule is S=c1[nH]c(NCCSCc2nc[nH]c2Br)ncc1Cc1cccnc1. The van der Waals surface area contributed by atoms with Crippen LogP contribution in [0.1, 0.15) is 16.8 Å². The van der Waals surface area contributed by atoms with Gasteiger partial charge in [0.05, 0.1) is 12.0 Å². The van der Waals surface area contributed by atoms with E-state index in [2.05, 4.69) is 46.2 Å². The molecule has 0 aliphatic rings. The molecule has 130 valence electrons. The van der Waals surface area contributed by atoms with Gasteiger partial charge in [-0.15, -0.1) is 0 Å². The third-order valence-electron chi connectivity index (χ3n) is 3.43. The molecule has 3 N–H and O–H groups in total. The third kappa shape index (κ3) is 5.38. The van der Waals surface area contributed by atoms with E-state index in [1.54, 1.807) is 24.3 Å². The average Bonchev–Trinajstić information content (AvgIpc) is 3.03. The topological polar surface area (TPSA) is 82.3 Å². The Bertz CT molecular complexity index is 864. The van der Waals surface area contributed by atoms with Crippen molar-refractivity contribution < 1.29 is 0 Å². The third-order valence-corrected chi connectivity index (χ3v) is 5.45. The van der Waals surface area contributed by atoms with E-state index in [9.17, 15) is 0 Å². The molecule has 0 saturated carbocycles. The van der Waals surface area contributed by atoms with E-state index in [0.29, 0.717) is 10.6 Å². The minimum absolute atomic E-state index is 0.696. The Morgan fingerprint density at radius 3 is 2.92 bits per heavy atom. The normalized spacial score (nSPS) is 10.8. The number of nitrogens with zero attached hydrogens (tertiary/aromatic N) is 3. The Morgan fingerprint density at radius 2 is 2.20 bits per heavy atom. The Morgan fingerprint density at radius 1 is 1.28 bits per heavy atom. The van der Waals surface area contributed by atoms with Gasteiger partial charge in [-0.1, -0.05) is 18.3 Å². The fourth-order valence-corrected chi connectivity index (χ4v) is 3.73. The minimum Gasteiger partial charge on any atom is -0.355 e. The monoisotopic (exact) mass is 436 g/mol. The number of halogens is 1. The summed E-state index contributed by atoms with van der Waals surface area (Å²) in [5.74, 6) is 2.50. The average molecular weight is 437 g/mol. The quantitative estimate of drug-likeness (QED) is 0.366. The first-order valence-electron chi connectivity index (χ1n) is 7.69. The Kier molecular flexibility index (Phi) is 6.60. The molecule has 0 amide bonds. The smallest absolute Gasteiger partial charge is 0.201 e. The standard InChI is InChI=1S/C16H17BrN6S2/c17-14-13(21-10-22-14)9-25-5-4-19-16-20-8-12(15(24)23-16)6-11-2-1-3-18-7-11/h1-3,7-8,10H,4-6,9H2,(H,21,22)(H2,19,20,23,24). The van der Waals surface area contributed by atoms with Crippen molar-refractivity contribution in [3.05, 3.63) is 63.1 Å². The highest BCUT2D eigenvalue weighted by atomic mass is 79.9. The Hall–Kier alpha value is -1.71. The van der Waals surface area contributed by atoms with Crippen molar-refractivity contribution >= 4 is 45.9 Å². The van der Waals surface area contributed by atoms with Crippen molar-refractivity contribution in [2.45, 2.75) is 12.2 Å². The van der Waals surface area contributed by atoms with Crippen molar-refractivity contribution in [3.8, 4) is 0 Å². The largest absolute Gasteiger partial charge is 0.355 e. The van der Waals surface area contributed by atoms with Gasteiger partial charge in [0, 0.05) is 48.6 Å². The predicted octanol–water partition coefficient (Wildman–Crippen LogP) is 3.96. The maximum absolute atomic E-state index is 5.43. The number of aromatic amines is 2. The summed E-state index contributed by atoms with van der Waals surface area (Å²) in [6.45, 7) is 0.799. The summed E-state index contributed by atoms with van der Waals surface area (Å²) in [6, 6.07) is 3.95. The second-order valence-electron chi connectivity index (χ2n) is 5.27. The second kappa shape index (κ2) is 9.12. The zero-order chi connectivity index (χ0) is 17.5. The molecule has 3 rings (SSSR count). The second-order valence-corrected chi connectivity index (χ2v) is 7.57. The molecule has 6 nitrogen and oxygen atoms in total. The summed E-state index contributed by atoms with van der Waals surface area (Å²) in [4.78, 5) is 18.9. The summed E-state index contributed by atoms with van der Waals surface area (Å²) in [6.07, 6.45) is 7.84. The van der Waals surface area contributed by atoms with Gasteiger partial charge in [-0.2, -0.15) is 11.8 Å². The lowest BCUT2D eigenvalue weighted by Gasteiger charge is -2.07. The molecular weight excluding hydrogens is 420 g/mol. The zero-order valence-electron chi connectivity index (χ0n) is 13.3. The van der Waals surface area contributed by atoms with Crippen molar-refractivity contribution in [1.29, 1.82) is 0 Å². The lowest BCUT2D eigenvalue weighted by molar-refractivity contribution is 1.02. The molecule has 0 bridgehead atoms. The van der Waals surface area contributed by atoms with E-state index < -0.39 is 0 Å². The summed E-state index contributed by atoms with van der Waals surface area (Å²) >= 11 is 10.7. The molecule has 0 unspecified atom stereocenters. The summed E-state index contributed by atoms with van der Waals surface area (Å²) in [5, 5.41) is 3.26. The van der Waals surface area contributed by atoms with Gasteiger partial charge in [0.15, 0.2) is 0 Å². The molecule has 0 radical (unpaired) electrons. The van der Waals surface area contributed by atoms with Crippen molar-refractivity contribution in [1.82, 2.24) is 24.9 Å². The van der Waals surface area contributed by atoms with Crippen LogP contribution >= 0.6 is 39.9 Å². The molecule has 25 heavy (non-hydrogen) atoms. The van der Waals surface area contributed by atoms with Gasteiger partial charge < -0.3 is 15.3 Å². The molecule has 0 aliphatic carbocycles. The number of anilines is 1. The number of nitrogens with one attached hydrogen (secondary N) is 3. The van der Waals surface area contributed by atoms with Gasteiger partial charge >= 0.3 is 0 Å². The summed E-state index contributed by atoms with van der Waals surface area (Å²) in [5.41, 5.74) is 3.14. The maximum atomic E-state index is 5.43. The number of aromatic nitrogens is 5. The van der Waals surface area contributed by atoms with Crippen LogP contribution in [-0.2, 0) is 12.2 Å². The highest BCUT2D eigenvalue weighted by Crippen LogP contribution is 2.17. The van der Waals surface area contributed by atoms with E-state index in [-0.39, 0.29) is 0 Å². The number of rotatable bonds is 8. The van der Waals surface area contributed by atoms with Crippen LogP contribution in [0.5, 0.6) is 0 Å². The first-order chi connectivity index (χ1) is 12.2. The minimum atomic E-state index is 0.696. The summed E-state index contributed by atoms with van der Waals surface area (Å²) < 4.78 is 1.65. The molecule has 0 saturated heterocycles. The molecule has 9 heteroatoms. The fourth-order valence-electron chi connectivity index (χ4n) is 2.18. The maximum Gasteiger partial charge on any atom is 0.201 e. The predicted molar refractivity (Wildman–Crippen MR) is 107 cm³/mol. The first kappa shape index (κ1) is 18.1. The molecule has 0 atom stereocenters. The molecule has 0 spiro atoms. The Balaban J connectivity index is 1.46. The highest BCUT2D eigenvalue weighted by Gasteiger charge is 2.03. The number of hydrogen-bond donors (Lipinski definition) is 3. The van der Waals surface area contributed by atoms with Crippen LogP contribution in [-0.4, -0.2) is 37.2 Å². The highest BCUT2D eigenvalue weighted by molar-refractivity contribution is 9.10. The van der Waals surface area contributed by atoms with Crippen molar-refractivity contribution in [3.63, 3.8) is 0 Å². The van der Waals surface area contributed by atoms with E-state index in [1.165, 1.54) is 0 Å².